The number of carbonyl (C=O) groups is 1. The molecule has 3 nitrogen and oxygen atoms in total. The Hall–Kier alpha value is -0.570. The van der Waals surface area contributed by atoms with Gasteiger partial charge in [-0.2, -0.15) is 0 Å². The highest BCUT2D eigenvalue weighted by Crippen LogP contribution is 1.92. The van der Waals surface area contributed by atoms with Crippen molar-refractivity contribution in [2.75, 3.05) is 13.2 Å². The van der Waals surface area contributed by atoms with Gasteiger partial charge in [0.25, 0.3) is 0 Å². The van der Waals surface area contributed by atoms with Gasteiger partial charge in [0, 0.05) is 19.1 Å². The van der Waals surface area contributed by atoms with E-state index in [1.807, 2.05) is 27.7 Å². The topological polar surface area (TPSA) is 38.3 Å². The van der Waals surface area contributed by atoms with Crippen molar-refractivity contribution >= 4 is 5.91 Å². The normalized spacial score (nSPS) is 13.1. The fourth-order valence-electron chi connectivity index (χ4n) is 0.792. The molecule has 0 aliphatic heterocycles. The Labute approximate surface area is 74.5 Å². The van der Waals surface area contributed by atoms with E-state index in [0.717, 1.165) is 0 Å². The van der Waals surface area contributed by atoms with Gasteiger partial charge in [0.2, 0.25) is 5.91 Å². The summed E-state index contributed by atoms with van der Waals surface area (Å²) in [5, 5.41) is 2.80. The third-order valence-electron chi connectivity index (χ3n) is 1.54. The summed E-state index contributed by atoms with van der Waals surface area (Å²) in [6, 6.07) is 0. The molecule has 0 rings (SSSR count). The lowest BCUT2D eigenvalue weighted by molar-refractivity contribution is -0.124. The van der Waals surface area contributed by atoms with E-state index in [1.54, 1.807) is 0 Å². The zero-order valence-corrected chi connectivity index (χ0v) is 8.39. The molecular weight excluding hydrogens is 154 g/mol. The largest absolute Gasteiger partial charge is 0.377 e. The summed E-state index contributed by atoms with van der Waals surface area (Å²) < 4.78 is 5.26. The molecule has 0 saturated heterocycles. The van der Waals surface area contributed by atoms with Gasteiger partial charge in [-0.15, -0.1) is 0 Å². The van der Waals surface area contributed by atoms with E-state index in [2.05, 4.69) is 5.32 Å². The summed E-state index contributed by atoms with van der Waals surface area (Å²) in [6.07, 6.45) is 0.109. The maximum Gasteiger partial charge on any atom is 0.222 e. The fraction of sp³-hybridized carbons (Fsp3) is 0.889. The first-order valence-corrected chi connectivity index (χ1v) is 4.47. The van der Waals surface area contributed by atoms with Crippen LogP contribution >= 0.6 is 0 Å². The van der Waals surface area contributed by atoms with Crippen LogP contribution in [0.4, 0.5) is 0 Å². The minimum atomic E-state index is 0.0545. The van der Waals surface area contributed by atoms with Crippen LogP contribution in [0.25, 0.3) is 0 Å². The Morgan fingerprint density at radius 2 is 2.00 bits per heavy atom. The molecular formula is C9H19NO2. The summed E-state index contributed by atoms with van der Waals surface area (Å²) in [7, 11) is 0. The van der Waals surface area contributed by atoms with Crippen LogP contribution in [0.5, 0.6) is 0 Å². The number of rotatable bonds is 5. The molecule has 0 fully saturated rings. The molecule has 0 aromatic carbocycles. The molecule has 1 N–H and O–H groups in total. The van der Waals surface area contributed by atoms with E-state index in [1.165, 1.54) is 0 Å². The van der Waals surface area contributed by atoms with Gasteiger partial charge in [0.05, 0.1) is 6.10 Å². The average molecular weight is 173 g/mol. The monoisotopic (exact) mass is 173 g/mol. The van der Waals surface area contributed by atoms with E-state index in [4.69, 9.17) is 4.74 Å². The van der Waals surface area contributed by atoms with Gasteiger partial charge >= 0.3 is 0 Å². The molecule has 0 aliphatic carbocycles. The van der Waals surface area contributed by atoms with E-state index in [0.29, 0.717) is 13.2 Å². The highest BCUT2D eigenvalue weighted by Gasteiger charge is 2.07. The van der Waals surface area contributed by atoms with Crippen LogP contribution in [-0.4, -0.2) is 25.2 Å². The van der Waals surface area contributed by atoms with Gasteiger partial charge in [-0.1, -0.05) is 13.8 Å². The van der Waals surface area contributed by atoms with Crippen molar-refractivity contribution in [1.82, 2.24) is 5.32 Å². The Morgan fingerprint density at radius 1 is 1.42 bits per heavy atom. The van der Waals surface area contributed by atoms with E-state index < -0.39 is 0 Å². The molecule has 0 aliphatic rings. The van der Waals surface area contributed by atoms with Crippen LogP contribution < -0.4 is 5.32 Å². The van der Waals surface area contributed by atoms with Crippen molar-refractivity contribution in [1.29, 1.82) is 0 Å². The molecule has 12 heavy (non-hydrogen) atoms. The second kappa shape index (κ2) is 6.00. The molecule has 0 bridgehead atoms. The zero-order chi connectivity index (χ0) is 9.56. The first-order valence-electron chi connectivity index (χ1n) is 4.47. The van der Waals surface area contributed by atoms with Crippen LogP contribution in [0.2, 0.25) is 0 Å². The molecule has 0 aromatic rings. The van der Waals surface area contributed by atoms with Crippen LogP contribution in [0, 0.1) is 5.92 Å². The first kappa shape index (κ1) is 11.4. The summed E-state index contributed by atoms with van der Waals surface area (Å²) in [5.74, 6) is 0.139. The third-order valence-corrected chi connectivity index (χ3v) is 1.54. The average Bonchev–Trinajstić information content (AvgIpc) is 2.00. The predicted molar refractivity (Wildman–Crippen MR) is 48.9 cm³/mol. The molecule has 1 amide bonds. The third kappa shape index (κ3) is 5.13. The Morgan fingerprint density at radius 3 is 2.42 bits per heavy atom. The molecule has 0 radical (unpaired) electrons. The summed E-state index contributed by atoms with van der Waals surface area (Å²) in [4.78, 5) is 11.1. The van der Waals surface area contributed by atoms with Crippen molar-refractivity contribution in [3.8, 4) is 0 Å². The molecule has 0 heterocycles. The van der Waals surface area contributed by atoms with E-state index in [-0.39, 0.29) is 17.9 Å². The fourth-order valence-corrected chi connectivity index (χ4v) is 0.792. The van der Waals surface area contributed by atoms with Crippen molar-refractivity contribution in [2.24, 2.45) is 5.92 Å². The molecule has 0 aromatic heterocycles. The standard InChI is InChI=1S/C9H19NO2/c1-5-12-8(4)6-10-9(11)7(2)3/h7-8H,5-6H2,1-4H3,(H,10,11). The number of nitrogens with one attached hydrogen (secondary N) is 1. The Balaban J connectivity index is 3.47. The van der Waals surface area contributed by atoms with Crippen LogP contribution in [0.15, 0.2) is 0 Å². The van der Waals surface area contributed by atoms with Crippen molar-refractivity contribution < 1.29 is 9.53 Å². The van der Waals surface area contributed by atoms with Gasteiger partial charge in [-0.25, -0.2) is 0 Å². The van der Waals surface area contributed by atoms with Crippen molar-refractivity contribution in [3.63, 3.8) is 0 Å². The maximum absolute atomic E-state index is 11.1. The lowest BCUT2D eigenvalue weighted by atomic mass is 10.2. The molecule has 3 heteroatoms. The minimum absolute atomic E-state index is 0.0545. The van der Waals surface area contributed by atoms with Gasteiger partial charge in [0.1, 0.15) is 0 Å². The minimum Gasteiger partial charge on any atom is -0.377 e. The highest BCUT2D eigenvalue weighted by atomic mass is 16.5. The maximum atomic E-state index is 11.1. The highest BCUT2D eigenvalue weighted by molar-refractivity contribution is 5.77. The second-order valence-corrected chi connectivity index (χ2v) is 3.17. The summed E-state index contributed by atoms with van der Waals surface area (Å²) in [5.41, 5.74) is 0. The van der Waals surface area contributed by atoms with Gasteiger partial charge in [-0.05, 0) is 13.8 Å². The molecule has 0 spiro atoms. The first-order chi connectivity index (χ1) is 5.57. The smallest absolute Gasteiger partial charge is 0.222 e. The molecule has 0 saturated carbocycles. The van der Waals surface area contributed by atoms with Crippen LogP contribution in [0.1, 0.15) is 27.7 Å². The van der Waals surface area contributed by atoms with E-state index in [9.17, 15) is 4.79 Å². The summed E-state index contributed by atoms with van der Waals surface area (Å²) >= 11 is 0. The molecule has 72 valence electrons. The Bertz CT molecular complexity index is 134. The van der Waals surface area contributed by atoms with Crippen LogP contribution in [0.3, 0.4) is 0 Å². The number of carbonyl (C=O) groups excluding carboxylic acids is 1. The SMILES string of the molecule is CCOC(C)CNC(=O)C(C)C. The van der Waals surface area contributed by atoms with E-state index >= 15 is 0 Å². The number of hydrogen-bond donors (Lipinski definition) is 1. The van der Waals surface area contributed by atoms with Gasteiger partial charge in [-0.3, -0.25) is 4.79 Å². The van der Waals surface area contributed by atoms with Gasteiger partial charge < -0.3 is 10.1 Å². The number of amides is 1. The lowest BCUT2D eigenvalue weighted by Gasteiger charge is -2.13. The lowest BCUT2D eigenvalue weighted by Crippen LogP contribution is -2.34. The van der Waals surface area contributed by atoms with Crippen molar-refractivity contribution in [3.05, 3.63) is 0 Å². The van der Waals surface area contributed by atoms with Crippen molar-refractivity contribution in [2.45, 2.75) is 33.8 Å². The quantitative estimate of drug-likeness (QED) is 0.678. The Kier molecular flexibility index (Phi) is 5.72. The molecule has 1 atom stereocenters. The number of ether oxygens (including phenoxy) is 1. The van der Waals surface area contributed by atoms with Crippen LogP contribution in [-0.2, 0) is 9.53 Å². The molecule has 1 unspecified atom stereocenters. The second-order valence-electron chi connectivity index (χ2n) is 3.17. The zero-order valence-electron chi connectivity index (χ0n) is 8.39. The summed E-state index contributed by atoms with van der Waals surface area (Å²) in [6.45, 7) is 8.94. The number of hydrogen-bond acceptors (Lipinski definition) is 2. The van der Waals surface area contributed by atoms with Gasteiger partial charge in [0.15, 0.2) is 0 Å². The predicted octanol–water partition coefficient (Wildman–Crippen LogP) is 1.18.